The highest BCUT2D eigenvalue weighted by molar-refractivity contribution is 7.93. The highest BCUT2D eigenvalue weighted by Gasteiger charge is 2.37. The summed E-state index contributed by atoms with van der Waals surface area (Å²) < 4.78 is 49.7. The van der Waals surface area contributed by atoms with Crippen molar-refractivity contribution in [2.24, 2.45) is 0 Å². The zero-order valence-electron chi connectivity index (χ0n) is 10.2. The Bertz CT molecular complexity index is 695. The van der Waals surface area contributed by atoms with Gasteiger partial charge in [-0.05, 0) is 30.7 Å². The Hall–Kier alpha value is -1.28. The topological polar surface area (TPSA) is 83.6 Å². The van der Waals surface area contributed by atoms with E-state index in [0.717, 1.165) is 6.26 Å². The monoisotopic (exact) mass is 290 g/mol. The Morgan fingerprint density at radius 3 is 2.50 bits per heavy atom. The van der Waals surface area contributed by atoms with Gasteiger partial charge >= 0.3 is 0 Å². The van der Waals surface area contributed by atoms with Crippen LogP contribution in [0.5, 0.6) is 0 Å². The molecule has 0 aromatic heterocycles. The summed E-state index contributed by atoms with van der Waals surface area (Å²) in [5, 5.41) is -0.668. The van der Waals surface area contributed by atoms with Gasteiger partial charge in [0.25, 0.3) is 0 Å². The predicted octanol–water partition coefficient (Wildman–Crippen LogP) is 0.899. The Morgan fingerprint density at radius 2 is 1.94 bits per heavy atom. The standard InChI is InChI=1S/C10H14N2O4S2/c1-7-9-6-8(11-17(3,13)14)4-5-10(9)12(2)18(7,15)16/h4-7,11H,1-3H3. The van der Waals surface area contributed by atoms with Crippen LogP contribution in [0.1, 0.15) is 17.7 Å². The molecule has 8 heteroatoms. The van der Waals surface area contributed by atoms with Gasteiger partial charge in [-0.3, -0.25) is 9.03 Å². The van der Waals surface area contributed by atoms with E-state index in [1.807, 2.05) is 0 Å². The molecule has 0 saturated carbocycles. The van der Waals surface area contributed by atoms with E-state index in [1.54, 1.807) is 25.1 Å². The van der Waals surface area contributed by atoms with Crippen LogP contribution in [-0.2, 0) is 20.0 Å². The largest absolute Gasteiger partial charge is 0.284 e. The van der Waals surface area contributed by atoms with Crippen LogP contribution in [0.25, 0.3) is 0 Å². The number of rotatable bonds is 2. The second kappa shape index (κ2) is 3.86. The fourth-order valence-electron chi connectivity index (χ4n) is 1.98. The number of benzene rings is 1. The number of anilines is 2. The summed E-state index contributed by atoms with van der Waals surface area (Å²) in [7, 11) is -5.25. The molecule has 1 heterocycles. The van der Waals surface area contributed by atoms with E-state index in [2.05, 4.69) is 4.72 Å². The molecule has 1 unspecified atom stereocenters. The van der Waals surface area contributed by atoms with Crippen LogP contribution < -0.4 is 9.03 Å². The minimum Gasteiger partial charge on any atom is -0.284 e. The highest BCUT2D eigenvalue weighted by atomic mass is 32.2. The maximum Gasteiger partial charge on any atom is 0.241 e. The van der Waals surface area contributed by atoms with Crippen LogP contribution in [-0.4, -0.2) is 30.1 Å². The summed E-state index contributed by atoms with van der Waals surface area (Å²) in [5.74, 6) is 0. The van der Waals surface area contributed by atoms with Gasteiger partial charge in [-0.1, -0.05) is 0 Å². The molecule has 1 atom stereocenters. The van der Waals surface area contributed by atoms with Crippen molar-refractivity contribution in [3.8, 4) is 0 Å². The van der Waals surface area contributed by atoms with E-state index in [0.29, 0.717) is 16.9 Å². The maximum atomic E-state index is 11.9. The minimum atomic E-state index is -3.37. The summed E-state index contributed by atoms with van der Waals surface area (Å²) in [4.78, 5) is 0. The van der Waals surface area contributed by atoms with Gasteiger partial charge in [-0.25, -0.2) is 16.8 Å². The molecule has 1 aromatic rings. The minimum absolute atomic E-state index is 0.369. The molecule has 1 aromatic carbocycles. The van der Waals surface area contributed by atoms with Crippen molar-refractivity contribution in [2.45, 2.75) is 12.2 Å². The number of hydrogen-bond donors (Lipinski definition) is 1. The molecular weight excluding hydrogens is 276 g/mol. The van der Waals surface area contributed by atoms with E-state index in [9.17, 15) is 16.8 Å². The van der Waals surface area contributed by atoms with Gasteiger partial charge in [0.05, 0.1) is 11.9 Å². The van der Waals surface area contributed by atoms with Crippen LogP contribution in [0, 0.1) is 0 Å². The van der Waals surface area contributed by atoms with Crippen molar-refractivity contribution in [1.82, 2.24) is 0 Å². The lowest BCUT2D eigenvalue weighted by molar-refractivity contribution is 0.589. The number of sulfonamides is 2. The van der Waals surface area contributed by atoms with Crippen LogP contribution in [0.15, 0.2) is 18.2 Å². The van der Waals surface area contributed by atoms with Gasteiger partial charge in [0.2, 0.25) is 20.0 Å². The Kier molecular flexibility index (Phi) is 2.82. The van der Waals surface area contributed by atoms with E-state index in [1.165, 1.54) is 11.4 Å². The van der Waals surface area contributed by atoms with E-state index < -0.39 is 25.3 Å². The Morgan fingerprint density at radius 1 is 1.33 bits per heavy atom. The van der Waals surface area contributed by atoms with Gasteiger partial charge in [-0.2, -0.15) is 0 Å². The first-order chi connectivity index (χ1) is 8.13. The summed E-state index contributed by atoms with van der Waals surface area (Å²) >= 11 is 0. The summed E-state index contributed by atoms with van der Waals surface area (Å²) in [5.41, 5.74) is 1.56. The zero-order valence-corrected chi connectivity index (χ0v) is 11.8. The van der Waals surface area contributed by atoms with Gasteiger partial charge in [0, 0.05) is 12.7 Å². The fraction of sp³-hybridized carbons (Fsp3) is 0.400. The molecule has 0 aliphatic carbocycles. The first kappa shape index (κ1) is 13.2. The lowest BCUT2D eigenvalue weighted by Crippen LogP contribution is -2.22. The van der Waals surface area contributed by atoms with E-state index >= 15 is 0 Å². The average Bonchev–Trinajstić information content (AvgIpc) is 2.39. The van der Waals surface area contributed by atoms with E-state index in [-0.39, 0.29) is 0 Å². The molecule has 0 radical (unpaired) electrons. The summed E-state index contributed by atoms with van der Waals surface area (Å²) in [6.07, 6.45) is 1.05. The quantitative estimate of drug-likeness (QED) is 0.877. The van der Waals surface area contributed by atoms with Gasteiger partial charge in [0.1, 0.15) is 5.25 Å². The first-order valence-electron chi connectivity index (χ1n) is 5.22. The molecule has 0 amide bonds. The van der Waals surface area contributed by atoms with Crippen LogP contribution in [0.2, 0.25) is 0 Å². The van der Waals surface area contributed by atoms with Crippen LogP contribution >= 0.6 is 0 Å². The van der Waals surface area contributed by atoms with E-state index in [4.69, 9.17) is 0 Å². The number of hydrogen-bond acceptors (Lipinski definition) is 4. The highest BCUT2D eigenvalue weighted by Crippen LogP contribution is 2.42. The second-order valence-corrected chi connectivity index (χ2v) is 8.34. The lowest BCUT2D eigenvalue weighted by atomic mass is 10.1. The first-order valence-corrected chi connectivity index (χ1v) is 8.62. The van der Waals surface area contributed by atoms with Crippen LogP contribution in [0.3, 0.4) is 0 Å². The molecule has 18 heavy (non-hydrogen) atoms. The van der Waals surface area contributed by atoms with Gasteiger partial charge in [0.15, 0.2) is 0 Å². The van der Waals surface area contributed by atoms with Gasteiger partial charge in [-0.15, -0.1) is 0 Å². The molecular formula is C10H14N2O4S2. The van der Waals surface area contributed by atoms with Crippen molar-refractivity contribution in [3.05, 3.63) is 23.8 Å². The predicted molar refractivity (Wildman–Crippen MR) is 70.6 cm³/mol. The summed E-state index contributed by atoms with van der Waals surface area (Å²) in [6.45, 7) is 1.59. The second-order valence-electron chi connectivity index (χ2n) is 4.30. The molecule has 0 spiro atoms. The van der Waals surface area contributed by atoms with Crippen LogP contribution in [0.4, 0.5) is 11.4 Å². The van der Waals surface area contributed by atoms with Crippen molar-refractivity contribution in [1.29, 1.82) is 0 Å². The molecule has 1 aliphatic rings. The fourth-order valence-corrected chi connectivity index (χ4v) is 3.96. The van der Waals surface area contributed by atoms with Crippen molar-refractivity contribution < 1.29 is 16.8 Å². The molecule has 1 aliphatic heterocycles. The zero-order chi connectivity index (χ0) is 13.7. The van der Waals surface area contributed by atoms with Crippen molar-refractivity contribution >= 4 is 31.4 Å². The number of nitrogens with one attached hydrogen (secondary N) is 1. The van der Waals surface area contributed by atoms with Crippen molar-refractivity contribution in [2.75, 3.05) is 22.3 Å². The number of fused-ring (bicyclic) bond motifs is 1. The molecule has 0 bridgehead atoms. The summed E-state index contributed by atoms with van der Waals surface area (Å²) in [6, 6.07) is 4.70. The third-order valence-corrected chi connectivity index (χ3v) is 5.65. The van der Waals surface area contributed by atoms with Gasteiger partial charge < -0.3 is 0 Å². The number of nitrogens with zero attached hydrogens (tertiary/aromatic N) is 1. The molecule has 2 rings (SSSR count). The SMILES string of the molecule is CC1c2cc(NS(C)(=O)=O)ccc2N(C)S1(=O)=O. The molecule has 6 nitrogen and oxygen atoms in total. The lowest BCUT2D eigenvalue weighted by Gasteiger charge is -2.11. The molecule has 1 N–H and O–H groups in total. The Labute approximate surface area is 107 Å². The third-order valence-electron chi connectivity index (χ3n) is 2.94. The Balaban J connectivity index is 2.51. The molecule has 100 valence electrons. The molecule has 0 fully saturated rings. The third kappa shape index (κ3) is 2.05. The molecule has 0 saturated heterocycles. The van der Waals surface area contributed by atoms with Crippen molar-refractivity contribution in [3.63, 3.8) is 0 Å². The average molecular weight is 290 g/mol. The normalized spacial score (nSPS) is 21.7. The maximum absolute atomic E-state index is 11.9. The smallest absolute Gasteiger partial charge is 0.241 e.